The van der Waals surface area contributed by atoms with Gasteiger partial charge in [0.1, 0.15) is 5.75 Å². The van der Waals surface area contributed by atoms with Crippen LogP contribution in [0.5, 0.6) is 5.75 Å². The molecule has 4 nitrogen and oxygen atoms in total. The number of ether oxygens (including phenoxy) is 1. The molecule has 1 aromatic rings. The van der Waals surface area contributed by atoms with Crippen LogP contribution in [0.15, 0.2) is 30.3 Å². The molecule has 0 aliphatic carbocycles. The molecule has 0 unspecified atom stereocenters. The molecular weight excluding hydrogens is 496 g/mol. The van der Waals surface area contributed by atoms with Crippen molar-refractivity contribution in [2.45, 2.75) is 161 Å². The maximum Gasteiger partial charge on any atom is 0.330 e. The average Bonchev–Trinajstić information content (AvgIpc) is 2.96. The largest absolute Gasteiger partial charge is 0.508 e. The van der Waals surface area contributed by atoms with Crippen LogP contribution >= 0.6 is 0 Å². The van der Waals surface area contributed by atoms with E-state index >= 15 is 0 Å². The minimum atomic E-state index is -0.303. The molecule has 0 spiro atoms. The van der Waals surface area contributed by atoms with Gasteiger partial charge in [-0.3, -0.25) is 0 Å². The number of aromatic hydroxyl groups is 1. The molecule has 0 saturated heterocycles. The Kier molecular flexibility index (Phi) is 26.0. The zero-order valence-corrected chi connectivity index (χ0v) is 25.8. The molecule has 2 N–H and O–H groups in total. The number of hydrogen-bond donors (Lipinski definition) is 2. The first kappa shape index (κ1) is 36.2. The lowest BCUT2D eigenvalue weighted by Gasteiger charge is -2.05. The lowest BCUT2D eigenvalue weighted by atomic mass is 10.0. The summed E-state index contributed by atoms with van der Waals surface area (Å²) in [5.74, 6) is -0.0833. The van der Waals surface area contributed by atoms with Gasteiger partial charge in [0.2, 0.25) is 0 Å². The van der Waals surface area contributed by atoms with Gasteiger partial charge in [-0.25, -0.2) is 4.79 Å². The van der Waals surface area contributed by atoms with Crippen molar-refractivity contribution in [2.24, 2.45) is 0 Å². The molecule has 40 heavy (non-hydrogen) atoms. The van der Waals surface area contributed by atoms with E-state index in [0.29, 0.717) is 13.2 Å². The molecule has 0 heterocycles. The zero-order chi connectivity index (χ0) is 28.8. The summed E-state index contributed by atoms with van der Waals surface area (Å²) in [6.07, 6.45) is 36.6. The van der Waals surface area contributed by atoms with Gasteiger partial charge in [0.25, 0.3) is 0 Å². The second-order valence-corrected chi connectivity index (χ2v) is 11.7. The van der Waals surface area contributed by atoms with E-state index in [0.717, 1.165) is 24.8 Å². The first-order valence-electron chi connectivity index (χ1n) is 17.0. The number of phenolic OH excluding ortho intramolecular Hbond substituents is 1. The van der Waals surface area contributed by atoms with Crippen molar-refractivity contribution < 1.29 is 19.7 Å². The third kappa shape index (κ3) is 25.2. The van der Waals surface area contributed by atoms with Gasteiger partial charge >= 0.3 is 5.97 Å². The summed E-state index contributed by atoms with van der Waals surface area (Å²) >= 11 is 0. The Morgan fingerprint density at radius 2 is 0.850 bits per heavy atom. The molecule has 0 saturated carbocycles. The van der Waals surface area contributed by atoms with E-state index in [2.05, 4.69) is 0 Å². The van der Waals surface area contributed by atoms with E-state index in [1.54, 1.807) is 30.3 Å². The van der Waals surface area contributed by atoms with Crippen LogP contribution in [0.25, 0.3) is 6.08 Å². The van der Waals surface area contributed by atoms with Gasteiger partial charge in [0.15, 0.2) is 0 Å². The van der Waals surface area contributed by atoms with Crippen molar-refractivity contribution >= 4 is 12.0 Å². The highest BCUT2D eigenvalue weighted by molar-refractivity contribution is 5.87. The second kappa shape index (κ2) is 28.7. The van der Waals surface area contributed by atoms with E-state index in [1.807, 2.05) is 0 Å². The molecular formula is C36H62O4. The van der Waals surface area contributed by atoms with Crippen molar-refractivity contribution in [3.63, 3.8) is 0 Å². The van der Waals surface area contributed by atoms with E-state index in [9.17, 15) is 9.90 Å². The van der Waals surface area contributed by atoms with Crippen LogP contribution in [-0.2, 0) is 9.53 Å². The minimum Gasteiger partial charge on any atom is -0.508 e. The smallest absolute Gasteiger partial charge is 0.330 e. The Morgan fingerprint density at radius 3 is 1.20 bits per heavy atom. The summed E-state index contributed by atoms with van der Waals surface area (Å²) in [6, 6.07) is 6.73. The normalized spacial score (nSPS) is 11.4. The fourth-order valence-corrected chi connectivity index (χ4v) is 5.25. The molecule has 0 bridgehead atoms. The SMILES string of the molecule is O=C(/C=C\c1ccc(O)cc1)OCCCCCCCCCCCCCCCCCCCCCCCCCCCO. The van der Waals surface area contributed by atoms with Crippen LogP contribution in [0.4, 0.5) is 0 Å². The highest BCUT2D eigenvalue weighted by atomic mass is 16.5. The number of aliphatic hydroxyl groups is 1. The number of carbonyl (C=O) groups excluding carboxylic acids is 1. The van der Waals surface area contributed by atoms with Gasteiger partial charge in [0.05, 0.1) is 6.61 Å². The molecule has 1 rings (SSSR count). The molecule has 0 amide bonds. The first-order chi connectivity index (χ1) is 19.7. The van der Waals surface area contributed by atoms with Gasteiger partial charge in [0, 0.05) is 12.7 Å². The summed E-state index contributed by atoms with van der Waals surface area (Å²) in [4.78, 5) is 11.8. The Morgan fingerprint density at radius 1 is 0.525 bits per heavy atom. The number of unbranched alkanes of at least 4 members (excludes halogenated alkanes) is 24. The Hall–Kier alpha value is -1.81. The quantitative estimate of drug-likeness (QED) is 0.0583. The van der Waals surface area contributed by atoms with Gasteiger partial charge in [-0.05, 0) is 36.6 Å². The minimum absolute atomic E-state index is 0.220. The Labute approximate surface area is 247 Å². The van der Waals surface area contributed by atoms with Crippen molar-refractivity contribution in [3.05, 3.63) is 35.9 Å². The molecule has 0 aliphatic heterocycles. The van der Waals surface area contributed by atoms with E-state index in [-0.39, 0.29) is 11.7 Å². The molecule has 0 aliphatic rings. The van der Waals surface area contributed by atoms with Gasteiger partial charge in [-0.1, -0.05) is 160 Å². The second-order valence-electron chi connectivity index (χ2n) is 11.7. The molecule has 0 atom stereocenters. The number of hydrogen-bond acceptors (Lipinski definition) is 4. The predicted octanol–water partition coefficient (Wildman–Crippen LogP) is 10.7. The number of phenols is 1. The fourth-order valence-electron chi connectivity index (χ4n) is 5.25. The number of benzene rings is 1. The third-order valence-electron chi connectivity index (χ3n) is 7.85. The maximum atomic E-state index is 11.8. The standard InChI is InChI=1S/C36H62O4/c37-32-24-22-20-18-16-14-12-10-8-6-4-2-1-3-5-7-9-11-13-15-17-19-21-23-25-33-40-36(39)31-28-34-26-29-35(38)30-27-34/h26-31,37-38H,1-25,32-33H2/b31-28-. The van der Waals surface area contributed by atoms with Crippen molar-refractivity contribution in [3.8, 4) is 5.75 Å². The highest BCUT2D eigenvalue weighted by Crippen LogP contribution is 2.16. The zero-order valence-electron chi connectivity index (χ0n) is 25.8. The summed E-state index contributed by atoms with van der Waals surface area (Å²) in [5, 5.41) is 18.1. The molecule has 0 radical (unpaired) electrons. The van der Waals surface area contributed by atoms with Gasteiger partial charge in [-0.2, -0.15) is 0 Å². The van der Waals surface area contributed by atoms with Crippen LogP contribution in [0.2, 0.25) is 0 Å². The summed E-state index contributed by atoms with van der Waals surface area (Å²) in [6.45, 7) is 0.853. The van der Waals surface area contributed by atoms with E-state index in [1.165, 1.54) is 147 Å². The molecule has 4 heteroatoms. The van der Waals surface area contributed by atoms with Crippen LogP contribution in [-0.4, -0.2) is 29.4 Å². The molecule has 230 valence electrons. The summed E-state index contributed by atoms with van der Waals surface area (Å²) < 4.78 is 5.26. The number of carbonyl (C=O) groups is 1. The van der Waals surface area contributed by atoms with E-state index < -0.39 is 0 Å². The molecule has 1 aromatic carbocycles. The lowest BCUT2D eigenvalue weighted by molar-refractivity contribution is -0.137. The van der Waals surface area contributed by atoms with Gasteiger partial charge in [-0.15, -0.1) is 0 Å². The van der Waals surface area contributed by atoms with Crippen molar-refractivity contribution in [2.75, 3.05) is 13.2 Å². The number of rotatable bonds is 29. The average molecular weight is 559 g/mol. The molecule has 0 aromatic heterocycles. The number of aliphatic hydroxyl groups excluding tert-OH is 1. The fraction of sp³-hybridized carbons (Fsp3) is 0.750. The summed E-state index contributed by atoms with van der Waals surface area (Å²) in [5.41, 5.74) is 0.867. The lowest BCUT2D eigenvalue weighted by Crippen LogP contribution is -2.02. The van der Waals surface area contributed by atoms with Crippen LogP contribution < -0.4 is 0 Å². The predicted molar refractivity (Wildman–Crippen MR) is 171 cm³/mol. The highest BCUT2D eigenvalue weighted by Gasteiger charge is 1.99. The first-order valence-corrected chi connectivity index (χ1v) is 17.0. The topological polar surface area (TPSA) is 66.8 Å². The molecule has 0 fully saturated rings. The Bertz CT molecular complexity index is 697. The van der Waals surface area contributed by atoms with Crippen molar-refractivity contribution in [1.29, 1.82) is 0 Å². The number of esters is 1. The maximum absolute atomic E-state index is 11.8. The third-order valence-corrected chi connectivity index (χ3v) is 7.85. The van der Waals surface area contributed by atoms with Crippen LogP contribution in [0.1, 0.15) is 166 Å². The van der Waals surface area contributed by atoms with Crippen LogP contribution in [0.3, 0.4) is 0 Å². The Balaban J connectivity index is 1.70. The monoisotopic (exact) mass is 558 g/mol. The van der Waals surface area contributed by atoms with Gasteiger partial charge < -0.3 is 14.9 Å². The van der Waals surface area contributed by atoms with E-state index in [4.69, 9.17) is 9.84 Å². The summed E-state index contributed by atoms with van der Waals surface area (Å²) in [7, 11) is 0. The van der Waals surface area contributed by atoms with Crippen LogP contribution in [0, 0.1) is 0 Å². The van der Waals surface area contributed by atoms with Crippen molar-refractivity contribution in [1.82, 2.24) is 0 Å².